The normalized spacial score (nSPS) is 9.47. The van der Waals surface area contributed by atoms with Gasteiger partial charge in [0.25, 0.3) is 5.69 Å². The van der Waals surface area contributed by atoms with E-state index in [4.69, 9.17) is 16.9 Å². The van der Waals surface area contributed by atoms with Gasteiger partial charge >= 0.3 is 5.97 Å². The number of hydrogen-bond acceptors (Lipinski definition) is 5. The second-order valence-corrected chi connectivity index (χ2v) is 3.48. The Morgan fingerprint density at radius 1 is 1.65 bits per heavy atom. The van der Waals surface area contributed by atoms with Gasteiger partial charge in [-0.3, -0.25) is 10.1 Å². The van der Waals surface area contributed by atoms with Crippen molar-refractivity contribution < 1.29 is 14.5 Å². The molecule has 0 amide bonds. The Balaban J connectivity index is 3.52. The van der Waals surface area contributed by atoms with Gasteiger partial charge in [-0.05, 0) is 12.1 Å². The molecule has 0 aliphatic rings. The average molecular weight is 255 g/mol. The summed E-state index contributed by atoms with van der Waals surface area (Å²) in [5, 5.41) is 19.6. The SMILES string of the molecule is COC(=O)c1cc(Cl)cc(CC#N)c1[N+](=O)[O-]. The number of nitriles is 1. The van der Waals surface area contributed by atoms with Crippen LogP contribution in [-0.4, -0.2) is 18.0 Å². The molecule has 1 rings (SSSR count). The first-order valence-electron chi connectivity index (χ1n) is 4.43. The molecule has 0 unspecified atom stereocenters. The van der Waals surface area contributed by atoms with E-state index in [-0.39, 0.29) is 22.6 Å². The molecular formula is C10H7ClN2O4. The molecule has 0 atom stereocenters. The van der Waals surface area contributed by atoms with Gasteiger partial charge in [-0.25, -0.2) is 4.79 Å². The van der Waals surface area contributed by atoms with E-state index in [1.165, 1.54) is 6.07 Å². The number of hydrogen-bond donors (Lipinski definition) is 0. The molecule has 0 fully saturated rings. The average Bonchev–Trinajstić information content (AvgIpc) is 2.27. The standard InChI is InChI=1S/C10H7ClN2O4/c1-17-10(14)8-5-7(11)4-6(2-3-12)9(8)13(15)16/h4-5H,2H2,1H3. The minimum absolute atomic E-state index is 0.0883. The Bertz CT molecular complexity index is 522. The van der Waals surface area contributed by atoms with Crippen LogP contribution in [0.2, 0.25) is 5.02 Å². The van der Waals surface area contributed by atoms with Gasteiger partial charge in [0, 0.05) is 10.6 Å². The van der Waals surface area contributed by atoms with Crippen molar-refractivity contribution in [3.8, 4) is 6.07 Å². The van der Waals surface area contributed by atoms with Crippen LogP contribution < -0.4 is 0 Å². The third kappa shape index (κ3) is 2.71. The van der Waals surface area contributed by atoms with E-state index in [9.17, 15) is 14.9 Å². The molecule has 88 valence electrons. The van der Waals surface area contributed by atoms with Crippen molar-refractivity contribution in [3.05, 3.63) is 38.4 Å². The Morgan fingerprint density at radius 3 is 2.76 bits per heavy atom. The number of methoxy groups -OCH3 is 1. The molecule has 0 bridgehead atoms. The Kier molecular flexibility index (Phi) is 4.01. The van der Waals surface area contributed by atoms with Crippen LogP contribution in [0.25, 0.3) is 0 Å². The summed E-state index contributed by atoms with van der Waals surface area (Å²) in [6.45, 7) is 0. The predicted octanol–water partition coefficient (Wildman–Crippen LogP) is 2.10. The van der Waals surface area contributed by atoms with Gasteiger partial charge in [-0.2, -0.15) is 5.26 Å². The third-order valence-corrected chi connectivity index (χ3v) is 2.23. The molecule has 0 heterocycles. The van der Waals surface area contributed by atoms with Crippen LogP contribution in [0, 0.1) is 21.4 Å². The largest absolute Gasteiger partial charge is 0.465 e. The van der Waals surface area contributed by atoms with Crippen molar-refractivity contribution in [1.82, 2.24) is 0 Å². The van der Waals surface area contributed by atoms with E-state index in [2.05, 4.69) is 4.74 Å². The van der Waals surface area contributed by atoms with Gasteiger partial charge in [0.1, 0.15) is 5.56 Å². The number of carbonyl (C=O) groups excluding carboxylic acids is 1. The lowest BCUT2D eigenvalue weighted by Crippen LogP contribution is -2.08. The van der Waals surface area contributed by atoms with Crippen LogP contribution >= 0.6 is 11.6 Å². The number of nitro groups is 1. The van der Waals surface area contributed by atoms with Crippen LogP contribution in [-0.2, 0) is 11.2 Å². The molecular weight excluding hydrogens is 248 g/mol. The van der Waals surface area contributed by atoms with Crippen LogP contribution in [0.4, 0.5) is 5.69 Å². The molecule has 0 spiro atoms. The van der Waals surface area contributed by atoms with Crippen molar-refractivity contribution in [1.29, 1.82) is 5.26 Å². The second kappa shape index (κ2) is 5.27. The number of halogens is 1. The van der Waals surface area contributed by atoms with Crippen LogP contribution in [0.5, 0.6) is 0 Å². The maximum atomic E-state index is 11.4. The molecule has 0 saturated heterocycles. The molecule has 0 aliphatic heterocycles. The van der Waals surface area contributed by atoms with Crippen molar-refractivity contribution in [2.75, 3.05) is 7.11 Å². The number of nitrogens with zero attached hydrogens (tertiary/aromatic N) is 2. The number of carbonyl (C=O) groups is 1. The number of ether oxygens (including phenoxy) is 1. The maximum absolute atomic E-state index is 11.4. The molecule has 0 aliphatic carbocycles. The fourth-order valence-electron chi connectivity index (χ4n) is 1.36. The summed E-state index contributed by atoms with van der Waals surface area (Å²) < 4.78 is 4.43. The summed E-state index contributed by atoms with van der Waals surface area (Å²) in [6.07, 6.45) is -0.207. The first kappa shape index (κ1) is 12.9. The van der Waals surface area contributed by atoms with Crippen molar-refractivity contribution in [3.63, 3.8) is 0 Å². The molecule has 17 heavy (non-hydrogen) atoms. The highest BCUT2D eigenvalue weighted by atomic mass is 35.5. The van der Waals surface area contributed by atoms with E-state index in [1.54, 1.807) is 6.07 Å². The van der Waals surface area contributed by atoms with E-state index < -0.39 is 16.6 Å². The molecule has 1 aromatic rings. The zero-order valence-electron chi connectivity index (χ0n) is 8.77. The predicted molar refractivity (Wildman–Crippen MR) is 58.8 cm³/mol. The van der Waals surface area contributed by atoms with Crippen LogP contribution in [0.15, 0.2) is 12.1 Å². The lowest BCUT2D eigenvalue weighted by Gasteiger charge is -2.05. The fraction of sp³-hybridized carbons (Fsp3) is 0.200. The zero-order chi connectivity index (χ0) is 13.0. The van der Waals surface area contributed by atoms with Crippen molar-refractivity contribution in [2.24, 2.45) is 0 Å². The van der Waals surface area contributed by atoms with Crippen LogP contribution in [0.1, 0.15) is 15.9 Å². The van der Waals surface area contributed by atoms with Gasteiger partial charge in [0.15, 0.2) is 0 Å². The minimum atomic E-state index is -0.863. The van der Waals surface area contributed by atoms with Crippen molar-refractivity contribution in [2.45, 2.75) is 6.42 Å². The minimum Gasteiger partial charge on any atom is -0.465 e. The topological polar surface area (TPSA) is 93.2 Å². The van der Waals surface area contributed by atoms with Gasteiger partial charge in [0.2, 0.25) is 0 Å². The molecule has 6 nitrogen and oxygen atoms in total. The smallest absolute Gasteiger partial charge is 0.344 e. The molecule has 7 heteroatoms. The number of benzene rings is 1. The highest BCUT2D eigenvalue weighted by Gasteiger charge is 2.26. The van der Waals surface area contributed by atoms with Gasteiger partial charge in [-0.1, -0.05) is 11.6 Å². The quantitative estimate of drug-likeness (QED) is 0.468. The molecule has 1 aromatic carbocycles. The molecule has 0 aromatic heterocycles. The van der Waals surface area contributed by atoms with Gasteiger partial charge < -0.3 is 4.74 Å². The van der Waals surface area contributed by atoms with Crippen LogP contribution in [0.3, 0.4) is 0 Å². The maximum Gasteiger partial charge on any atom is 0.344 e. The summed E-state index contributed by atoms with van der Waals surface area (Å²) in [4.78, 5) is 21.5. The summed E-state index contributed by atoms with van der Waals surface area (Å²) in [7, 11) is 1.11. The monoisotopic (exact) mass is 254 g/mol. The Labute approximate surface area is 102 Å². The summed E-state index contributed by atoms with van der Waals surface area (Å²) >= 11 is 5.72. The second-order valence-electron chi connectivity index (χ2n) is 3.04. The van der Waals surface area contributed by atoms with E-state index in [0.29, 0.717) is 0 Å². The fourth-order valence-corrected chi connectivity index (χ4v) is 1.60. The van der Waals surface area contributed by atoms with E-state index >= 15 is 0 Å². The summed E-state index contributed by atoms with van der Waals surface area (Å²) in [5.74, 6) is -0.863. The molecule has 0 saturated carbocycles. The highest BCUT2D eigenvalue weighted by Crippen LogP contribution is 2.29. The highest BCUT2D eigenvalue weighted by molar-refractivity contribution is 6.31. The summed E-state index contributed by atoms with van der Waals surface area (Å²) in [5.41, 5.74) is -0.608. The first-order valence-corrected chi connectivity index (χ1v) is 4.81. The molecule has 0 N–H and O–H groups in total. The lowest BCUT2D eigenvalue weighted by atomic mass is 10.1. The molecule has 0 radical (unpaired) electrons. The Morgan fingerprint density at radius 2 is 2.29 bits per heavy atom. The lowest BCUT2D eigenvalue weighted by molar-refractivity contribution is -0.385. The van der Waals surface area contributed by atoms with Gasteiger partial charge in [0.05, 0.1) is 24.5 Å². The third-order valence-electron chi connectivity index (χ3n) is 2.01. The summed E-state index contributed by atoms with van der Waals surface area (Å²) in [6, 6.07) is 4.21. The number of esters is 1. The zero-order valence-corrected chi connectivity index (χ0v) is 9.52. The van der Waals surface area contributed by atoms with E-state index in [0.717, 1.165) is 13.2 Å². The number of nitro benzene ring substituents is 1. The van der Waals surface area contributed by atoms with E-state index in [1.807, 2.05) is 0 Å². The van der Waals surface area contributed by atoms with Gasteiger partial charge in [-0.15, -0.1) is 0 Å². The van der Waals surface area contributed by atoms with Crippen molar-refractivity contribution >= 4 is 23.3 Å². The first-order chi connectivity index (χ1) is 8.01. The Hall–Kier alpha value is -2.13. The number of rotatable bonds is 3.